The SMILES string of the molecule is CC(=O)N1CCC[C@H]1C(=O)NS(=O)(=O)c1ccc(C)cc1. The zero-order chi connectivity index (χ0) is 15.6. The zero-order valence-corrected chi connectivity index (χ0v) is 12.8. The summed E-state index contributed by atoms with van der Waals surface area (Å²) in [4.78, 5) is 25.0. The predicted octanol–water partition coefficient (Wildman–Crippen LogP) is 0.811. The molecule has 2 amide bonds. The summed E-state index contributed by atoms with van der Waals surface area (Å²) in [6, 6.07) is 5.51. The maximum atomic E-state index is 12.2. The number of likely N-dealkylation sites (tertiary alicyclic amines) is 1. The van der Waals surface area contributed by atoms with Gasteiger partial charge in [0, 0.05) is 13.5 Å². The van der Waals surface area contributed by atoms with Crippen molar-refractivity contribution >= 4 is 21.8 Å². The lowest BCUT2D eigenvalue weighted by Crippen LogP contribution is -2.46. The van der Waals surface area contributed by atoms with Gasteiger partial charge in [0.15, 0.2) is 0 Å². The number of nitrogens with one attached hydrogen (secondary N) is 1. The second-order valence-corrected chi connectivity index (χ2v) is 6.84. The van der Waals surface area contributed by atoms with Crippen molar-refractivity contribution in [2.45, 2.75) is 37.6 Å². The molecule has 6 nitrogen and oxygen atoms in total. The van der Waals surface area contributed by atoms with Gasteiger partial charge in [-0.3, -0.25) is 9.59 Å². The van der Waals surface area contributed by atoms with E-state index in [2.05, 4.69) is 4.72 Å². The Hall–Kier alpha value is -1.89. The Bertz CT molecular complexity index is 652. The lowest BCUT2D eigenvalue weighted by molar-refractivity contribution is -0.136. The van der Waals surface area contributed by atoms with E-state index in [9.17, 15) is 18.0 Å². The average Bonchev–Trinajstić information content (AvgIpc) is 2.88. The van der Waals surface area contributed by atoms with Crippen LogP contribution in [0.4, 0.5) is 0 Å². The Balaban J connectivity index is 2.15. The summed E-state index contributed by atoms with van der Waals surface area (Å²) in [7, 11) is -3.90. The van der Waals surface area contributed by atoms with Gasteiger partial charge in [0.25, 0.3) is 15.9 Å². The molecule has 1 aromatic carbocycles. The summed E-state index contributed by atoms with van der Waals surface area (Å²) >= 11 is 0. The molecule has 0 aromatic heterocycles. The Labute approximate surface area is 124 Å². The monoisotopic (exact) mass is 310 g/mol. The highest BCUT2D eigenvalue weighted by Gasteiger charge is 2.34. The molecule has 2 rings (SSSR count). The van der Waals surface area contributed by atoms with Gasteiger partial charge >= 0.3 is 0 Å². The quantitative estimate of drug-likeness (QED) is 0.895. The third-order valence-electron chi connectivity index (χ3n) is 3.53. The van der Waals surface area contributed by atoms with Gasteiger partial charge in [0.2, 0.25) is 5.91 Å². The van der Waals surface area contributed by atoms with Crippen LogP contribution in [0, 0.1) is 6.92 Å². The van der Waals surface area contributed by atoms with E-state index >= 15 is 0 Å². The van der Waals surface area contributed by atoms with Gasteiger partial charge in [-0.1, -0.05) is 17.7 Å². The number of benzene rings is 1. The number of hydrogen-bond acceptors (Lipinski definition) is 4. The van der Waals surface area contributed by atoms with Crippen LogP contribution in [0.2, 0.25) is 0 Å². The molecule has 0 spiro atoms. The number of carbonyl (C=O) groups is 2. The van der Waals surface area contributed by atoms with Gasteiger partial charge in [-0.2, -0.15) is 0 Å². The van der Waals surface area contributed by atoms with Crippen LogP contribution in [-0.2, 0) is 19.6 Å². The van der Waals surface area contributed by atoms with Gasteiger partial charge in [-0.05, 0) is 31.9 Å². The Kier molecular flexibility index (Phi) is 4.32. The second-order valence-electron chi connectivity index (χ2n) is 5.15. The summed E-state index contributed by atoms with van der Waals surface area (Å²) in [6.45, 7) is 3.70. The second kappa shape index (κ2) is 5.85. The molecule has 1 aromatic rings. The first kappa shape index (κ1) is 15.5. The Morgan fingerprint density at radius 3 is 2.43 bits per heavy atom. The highest BCUT2D eigenvalue weighted by atomic mass is 32.2. The molecule has 0 aliphatic carbocycles. The van der Waals surface area contributed by atoms with E-state index in [-0.39, 0.29) is 10.8 Å². The number of sulfonamides is 1. The van der Waals surface area contributed by atoms with Crippen LogP contribution in [0.3, 0.4) is 0 Å². The third kappa shape index (κ3) is 3.41. The molecule has 0 saturated carbocycles. The summed E-state index contributed by atoms with van der Waals surface area (Å²) in [5, 5.41) is 0. The van der Waals surface area contributed by atoms with Crippen molar-refractivity contribution in [2.24, 2.45) is 0 Å². The highest BCUT2D eigenvalue weighted by molar-refractivity contribution is 7.90. The molecule has 0 unspecified atom stereocenters. The smallest absolute Gasteiger partial charge is 0.264 e. The van der Waals surface area contributed by atoms with Gasteiger partial charge < -0.3 is 4.90 Å². The molecule has 7 heteroatoms. The lowest BCUT2D eigenvalue weighted by Gasteiger charge is -2.22. The molecular weight excluding hydrogens is 292 g/mol. The number of amides is 2. The first-order valence-corrected chi connectivity index (χ1v) is 8.20. The van der Waals surface area contributed by atoms with Crippen LogP contribution in [0.15, 0.2) is 29.2 Å². The van der Waals surface area contributed by atoms with Gasteiger partial charge in [-0.25, -0.2) is 13.1 Å². The minimum Gasteiger partial charge on any atom is -0.331 e. The largest absolute Gasteiger partial charge is 0.331 e. The molecular formula is C14H18N2O4S. The number of carbonyl (C=O) groups excluding carboxylic acids is 2. The summed E-state index contributed by atoms with van der Waals surface area (Å²) in [5.74, 6) is -0.872. The molecule has 1 N–H and O–H groups in total. The molecule has 21 heavy (non-hydrogen) atoms. The van der Waals surface area contributed by atoms with Gasteiger partial charge in [0.05, 0.1) is 4.90 Å². The van der Waals surface area contributed by atoms with E-state index in [0.717, 1.165) is 5.56 Å². The summed E-state index contributed by atoms with van der Waals surface area (Å²) in [5.41, 5.74) is 0.929. The number of nitrogens with zero attached hydrogens (tertiary/aromatic N) is 1. The first-order chi connectivity index (χ1) is 9.81. The van der Waals surface area contributed by atoms with Crippen molar-refractivity contribution < 1.29 is 18.0 Å². The first-order valence-electron chi connectivity index (χ1n) is 6.72. The fourth-order valence-electron chi connectivity index (χ4n) is 2.39. The van der Waals surface area contributed by atoms with E-state index in [1.807, 2.05) is 6.92 Å². The van der Waals surface area contributed by atoms with E-state index in [0.29, 0.717) is 19.4 Å². The lowest BCUT2D eigenvalue weighted by atomic mass is 10.2. The maximum Gasteiger partial charge on any atom is 0.264 e. The Morgan fingerprint density at radius 2 is 1.86 bits per heavy atom. The fraction of sp³-hybridized carbons (Fsp3) is 0.429. The summed E-state index contributed by atoms with van der Waals surface area (Å²) in [6.07, 6.45) is 1.18. The van der Waals surface area contributed by atoms with Crippen LogP contribution in [0.25, 0.3) is 0 Å². The topological polar surface area (TPSA) is 83.6 Å². The van der Waals surface area contributed by atoms with Crippen molar-refractivity contribution in [3.63, 3.8) is 0 Å². The fourth-order valence-corrected chi connectivity index (χ4v) is 3.41. The van der Waals surface area contributed by atoms with E-state index in [1.54, 1.807) is 12.1 Å². The van der Waals surface area contributed by atoms with Crippen LogP contribution < -0.4 is 4.72 Å². The predicted molar refractivity (Wildman–Crippen MR) is 76.9 cm³/mol. The van der Waals surface area contributed by atoms with Gasteiger partial charge in [-0.15, -0.1) is 0 Å². The minimum atomic E-state index is -3.90. The van der Waals surface area contributed by atoms with Crippen LogP contribution in [-0.4, -0.2) is 37.7 Å². The maximum absolute atomic E-state index is 12.2. The van der Waals surface area contributed by atoms with Crippen LogP contribution in [0.5, 0.6) is 0 Å². The van der Waals surface area contributed by atoms with Crippen molar-refractivity contribution in [3.8, 4) is 0 Å². The Morgan fingerprint density at radius 1 is 1.24 bits per heavy atom. The number of hydrogen-bond donors (Lipinski definition) is 1. The molecule has 1 fully saturated rings. The number of rotatable bonds is 3. The van der Waals surface area contributed by atoms with Crippen molar-refractivity contribution in [2.75, 3.05) is 6.54 Å². The molecule has 1 heterocycles. The molecule has 1 aliphatic heterocycles. The van der Waals surface area contributed by atoms with Crippen LogP contribution >= 0.6 is 0 Å². The summed E-state index contributed by atoms with van der Waals surface area (Å²) < 4.78 is 26.4. The molecule has 1 saturated heterocycles. The van der Waals surface area contributed by atoms with Crippen molar-refractivity contribution in [3.05, 3.63) is 29.8 Å². The highest BCUT2D eigenvalue weighted by Crippen LogP contribution is 2.18. The molecule has 0 radical (unpaired) electrons. The molecule has 0 bridgehead atoms. The molecule has 114 valence electrons. The van der Waals surface area contributed by atoms with E-state index in [4.69, 9.17) is 0 Å². The average molecular weight is 310 g/mol. The minimum absolute atomic E-state index is 0.0359. The molecule has 1 aliphatic rings. The third-order valence-corrected chi connectivity index (χ3v) is 4.89. The zero-order valence-electron chi connectivity index (χ0n) is 12.0. The normalized spacial score (nSPS) is 18.6. The van der Waals surface area contributed by atoms with Crippen LogP contribution in [0.1, 0.15) is 25.3 Å². The van der Waals surface area contributed by atoms with Crippen molar-refractivity contribution in [1.82, 2.24) is 9.62 Å². The number of aryl methyl sites for hydroxylation is 1. The van der Waals surface area contributed by atoms with Gasteiger partial charge in [0.1, 0.15) is 6.04 Å². The van der Waals surface area contributed by atoms with Crippen molar-refractivity contribution in [1.29, 1.82) is 0 Å². The molecule has 1 atom stereocenters. The standard InChI is InChI=1S/C14H18N2O4S/c1-10-5-7-12(8-6-10)21(19,20)15-14(18)13-4-3-9-16(13)11(2)17/h5-8,13H,3-4,9H2,1-2H3,(H,15,18)/t13-/m0/s1. The van der Waals surface area contributed by atoms with E-state index < -0.39 is 22.0 Å². The van der Waals surface area contributed by atoms with E-state index in [1.165, 1.54) is 24.0 Å².